The van der Waals surface area contributed by atoms with Crippen LogP contribution in [0.4, 0.5) is 11.4 Å². The molecule has 0 radical (unpaired) electrons. The van der Waals surface area contributed by atoms with Crippen molar-refractivity contribution in [2.75, 3.05) is 10.2 Å². The SMILES string of the molecule is CCn1cncc1C(=O)Nc1ccc(-c2cc(N(C(=O)C3CCC(C)CC3)C(C)C)c(C(=O)O)s2)cc1. The highest BCUT2D eigenvalue weighted by Crippen LogP contribution is 2.40. The van der Waals surface area contributed by atoms with Crippen molar-refractivity contribution in [3.63, 3.8) is 0 Å². The van der Waals surface area contributed by atoms with E-state index >= 15 is 0 Å². The molecule has 2 aromatic heterocycles. The van der Waals surface area contributed by atoms with Gasteiger partial charge in [-0.2, -0.15) is 0 Å². The van der Waals surface area contributed by atoms with Crippen LogP contribution in [0.1, 0.15) is 73.5 Å². The predicted octanol–water partition coefficient (Wildman–Crippen LogP) is 6.15. The molecule has 1 fully saturated rings. The van der Waals surface area contributed by atoms with Gasteiger partial charge in [0.2, 0.25) is 5.91 Å². The molecule has 2 N–H and O–H groups in total. The van der Waals surface area contributed by atoms with E-state index in [1.54, 1.807) is 27.9 Å². The Hall–Kier alpha value is -3.46. The smallest absolute Gasteiger partial charge is 0.348 e. The third kappa shape index (κ3) is 5.77. The lowest BCUT2D eigenvalue weighted by Gasteiger charge is -2.33. The number of carboxylic acid groups (broad SMARTS) is 1. The first-order valence-corrected chi connectivity index (χ1v) is 13.6. The summed E-state index contributed by atoms with van der Waals surface area (Å²) in [6.45, 7) is 8.65. The maximum Gasteiger partial charge on any atom is 0.348 e. The van der Waals surface area contributed by atoms with Crippen LogP contribution in [-0.4, -0.2) is 38.5 Å². The second-order valence-corrected chi connectivity index (χ2v) is 11.0. The molecule has 3 aromatic rings. The maximum atomic E-state index is 13.5. The Balaban J connectivity index is 1.58. The van der Waals surface area contributed by atoms with Crippen molar-refractivity contribution in [2.45, 2.75) is 66.0 Å². The molecule has 2 heterocycles. The van der Waals surface area contributed by atoms with Crippen LogP contribution >= 0.6 is 11.3 Å². The topological polar surface area (TPSA) is 105 Å². The van der Waals surface area contributed by atoms with Gasteiger partial charge in [-0.15, -0.1) is 11.3 Å². The lowest BCUT2D eigenvalue weighted by molar-refractivity contribution is -0.123. The summed E-state index contributed by atoms with van der Waals surface area (Å²) in [5.41, 5.74) is 2.37. The fourth-order valence-electron chi connectivity index (χ4n) is 4.89. The molecule has 0 bridgehead atoms. The normalized spacial score (nSPS) is 17.5. The Morgan fingerprint density at radius 1 is 1.16 bits per heavy atom. The van der Waals surface area contributed by atoms with Crippen LogP contribution in [0.2, 0.25) is 0 Å². The number of carboxylic acids is 1. The first kappa shape index (κ1) is 26.6. The summed E-state index contributed by atoms with van der Waals surface area (Å²) in [6, 6.07) is 8.91. The first-order valence-electron chi connectivity index (χ1n) is 12.8. The molecule has 1 aromatic carbocycles. The molecule has 196 valence electrons. The zero-order valence-corrected chi connectivity index (χ0v) is 22.5. The number of thiophene rings is 1. The Morgan fingerprint density at radius 2 is 1.84 bits per heavy atom. The van der Waals surface area contributed by atoms with Gasteiger partial charge < -0.3 is 19.9 Å². The third-order valence-electron chi connectivity index (χ3n) is 7.00. The zero-order valence-electron chi connectivity index (χ0n) is 21.7. The molecule has 1 saturated carbocycles. The summed E-state index contributed by atoms with van der Waals surface area (Å²) in [7, 11) is 0. The van der Waals surface area contributed by atoms with Crippen LogP contribution in [0.5, 0.6) is 0 Å². The minimum atomic E-state index is -1.04. The Bertz CT molecular complexity index is 1270. The van der Waals surface area contributed by atoms with Gasteiger partial charge in [0, 0.05) is 29.1 Å². The first-order chi connectivity index (χ1) is 17.7. The van der Waals surface area contributed by atoms with E-state index in [-0.39, 0.29) is 28.7 Å². The average molecular weight is 523 g/mol. The van der Waals surface area contributed by atoms with E-state index in [0.29, 0.717) is 29.5 Å². The number of hydrogen-bond donors (Lipinski definition) is 2. The van der Waals surface area contributed by atoms with Crippen molar-refractivity contribution in [1.82, 2.24) is 9.55 Å². The third-order valence-corrected chi connectivity index (χ3v) is 8.16. The van der Waals surface area contributed by atoms with Crippen molar-refractivity contribution in [2.24, 2.45) is 11.8 Å². The number of rotatable bonds is 8. The number of aromatic carboxylic acids is 1. The second kappa shape index (κ2) is 11.3. The second-order valence-electron chi connectivity index (χ2n) is 9.99. The molecule has 0 atom stereocenters. The van der Waals surface area contributed by atoms with Gasteiger partial charge in [0.25, 0.3) is 5.91 Å². The quantitative estimate of drug-likeness (QED) is 0.369. The van der Waals surface area contributed by atoms with Crippen LogP contribution in [-0.2, 0) is 11.3 Å². The number of carbonyl (C=O) groups excluding carboxylic acids is 2. The minimum Gasteiger partial charge on any atom is -0.477 e. The van der Waals surface area contributed by atoms with Crippen molar-refractivity contribution < 1.29 is 19.5 Å². The zero-order chi connectivity index (χ0) is 26.7. The number of anilines is 2. The molecule has 9 heteroatoms. The average Bonchev–Trinajstić information content (AvgIpc) is 3.52. The molecule has 0 aliphatic heterocycles. The number of imidazole rings is 1. The monoisotopic (exact) mass is 522 g/mol. The Labute approximate surface area is 221 Å². The van der Waals surface area contributed by atoms with Crippen LogP contribution in [0.15, 0.2) is 42.9 Å². The van der Waals surface area contributed by atoms with E-state index in [4.69, 9.17) is 0 Å². The number of carbonyl (C=O) groups is 3. The number of aromatic nitrogens is 2. The van der Waals surface area contributed by atoms with E-state index in [1.807, 2.05) is 39.0 Å². The van der Waals surface area contributed by atoms with E-state index in [2.05, 4.69) is 17.2 Å². The molecule has 0 spiro atoms. The fraction of sp³-hybridized carbons (Fsp3) is 0.429. The van der Waals surface area contributed by atoms with Crippen LogP contribution in [0.25, 0.3) is 10.4 Å². The molecule has 8 nitrogen and oxygen atoms in total. The summed E-state index contributed by atoms with van der Waals surface area (Å²) in [5.74, 6) is -0.727. The molecule has 0 unspecified atom stereocenters. The summed E-state index contributed by atoms with van der Waals surface area (Å²) in [4.78, 5) is 45.0. The van der Waals surface area contributed by atoms with E-state index in [0.717, 1.165) is 47.5 Å². The fourth-order valence-corrected chi connectivity index (χ4v) is 5.88. The highest BCUT2D eigenvalue weighted by molar-refractivity contribution is 7.18. The lowest BCUT2D eigenvalue weighted by atomic mass is 9.82. The van der Waals surface area contributed by atoms with Crippen LogP contribution in [0.3, 0.4) is 0 Å². The summed E-state index contributed by atoms with van der Waals surface area (Å²) < 4.78 is 1.76. The minimum absolute atomic E-state index is 0.0122. The largest absolute Gasteiger partial charge is 0.477 e. The van der Waals surface area contributed by atoms with Gasteiger partial charge in [0.1, 0.15) is 10.6 Å². The van der Waals surface area contributed by atoms with Crippen LogP contribution in [0, 0.1) is 11.8 Å². The number of nitrogens with zero attached hydrogens (tertiary/aromatic N) is 3. The van der Waals surface area contributed by atoms with Gasteiger partial charge in [-0.3, -0.25) is 9.59 Å². The summed E-state index contributed by atoms with van der Waals surface area (Å²) >= 11 is 1.16. The van der Waals surface area contributed by atoms with Gasteiger partial charge in [-0.1, -0.05) is 19.1 Å². The van der Waals surface area contributed by atoms with Crippen molar-refractivity contribution in [3.05, 3.63) is 53.4 Å². The highest BCUT2D eigenvalue weighted by Gasteiger charge is 2.33. The van der Waals surface area contributed by atoms with Gasteiger partial charge in [0.15, 0.2) is 0 Å². The highest BCUT2D eigenvalue weighted by atomic mass is 32.1. The lowest BCUT2D eigenvalue weighted by Crippen LogP contribution is -2.42. The molecular weight excluding hydrogens is 488 g/mol. The molecule has 0 saturated heterocycles. The number of aryl methyl sites for hydroxylation is 1. The summed E-state index contributed by atoms with van der Waals surface area (Å²) in [6.07, 6.45) is 6.87. The van der Waals surface area contributed by atoms with Crippen molar-refractivity contribution >= 4 is 40.5 Å². The van der Waals surface area contributed by atoms with E-state index in [9.17, 15) is 19.5 Å². The number of amides is 2. The molecule has 1 aliphatic carbocycles. The van der Waals surface area contributed by atoms with E-state index < -0.39 is 5.97 Å². The van der Waals surface area contributed by atoms with Crippen molar-refractivity contribution in [1.29, 1.82) is 0 Å². The van der Waals surface area contributed by atoms with Gasteiger partial charge in [-0.05, 0) is 76.1 Å². The molecule has 1 aliphatic rings. The number of nitrogens with one attached hydrogen (secondary N) is 1. The predicted molar refractivity (Wildman–Crippen MR) is 146 cm³/mol. The molecule has 4 rings (SSSR count). The van der Waals surface area contributed by atoms with Crippen LogP contribution < -0.4 is 10.2 Å². The maximum absolute atomic E-state index is 13.5. The molecule has 2 amide bonds. The number of hydrogen-bond acceptors (Lipinski definition) is 5. The van der Waals surface area contributed by atoms with Gasteiger partial charge in [0.05, 0.1) is 18.2 Å². The number of benzene rings is 1. The standard InChI is InChI=1S/C28H34N4O4S/c1-5-31-16-29-15-23(31)26(33)30-21-12-10-19(11-13-21)24-14-22(25(37-24)28(35)36)32(17(2)3)27(34)20-8-6-18(4)7-9-20/h10-18,20H,5-9H2,1-4H3,(H,30,33)(H,35,36). The summed E-state index contributed by atoms with van der Waals surface area (Å²) in [5, 5.41) is 12.9. The van der Waals surface area contributed by atoms with E-state index in [1.165, 1.54) is 6.20 Å². The Morgan fingerprint density at radius 3 is 2.43 bits per heavy atom. The van der Waals surface area contributed by atoms with Crippen molar-refractivity contribution in [3.8, 4) is 10.4 Å². The molecule has 37 heavy (non-hydrogen) atoms. The van der Waals surface area contributed by atoms with Gasteiger partial charge in [-0.25, -0.2) is 9.78 Å². The molecular formula is C28H34N4O4S. The van der Waals surface area contributed by atoms with Gasteiger partial charge >= 0.3 is 5.97 Å². The Kier molecular flexibility index (Phi) is 8.12.